The second kappa shape index (κ2) is 3.38. The summed E-state index contributed by atoms with van der Waals surface area (Å²) >= 11 is 0. The van der Waals surface area contributed by atoms with Gasteiger partial charge in [0.1, 0.15) is 13.2 Å². The first-order valence-electron chi connectivity index (χ1n) is 3.08. The van der Waals surface area contributed by atoms with Crippen LogP contribution in [0.25, 0.3) is 0 Å². The Hall–Kier alpha value is -0.810. The molecule has 0 bridgehead atoms. The monoisotopic (exact) mass is 146 g/mol. The van der Waals surface area contributed by atoms with Crippen molar-refractivity contribution in [2.45, 2.75) is 0 Å². The van der Waals surface area contributed by atoms with Crippen molar-refractivity contribution in [2.24, 2.45) is 5.84 Å². The highest BCUT2D eigenvalue weighted by atomic mass is 16.7. The number of ether oxygens (including phenoxy) is 2. The van der Waals surface area contributed by atoms with Crippen LogP contribution < -0.4 is 5.84 Å². The van der Waals surface area contributed by atoms with Crippen molar-refractivity contribution in [2.75, 3.05) is 26.3 Å². The van der Waals surface area contributed by atoms with E-state index in [2.05, 4.69) is 9.47 Å². The fourth-order valence-corrected chi connectivity index (χ4v) is 0.646. The van der Waals surface area contributed by atoms with Gasteiger partial charge in [0.05, 0.1) is 0 Å². The Morgan fingerprint density at radius 1 is 1.30 bits per heavy atom. The van der Waals surface area contributed by atoms with Gasteiger partial charge in [-0.15, -0.1) is 0 Å². The summed E-state index contributed by atoms with van der Waals surface area (Å²) in [5.74, 6) is 5.41. The molecule has 1 saturated heterocycles. The van der Waals surface area contributed by atoms with Gasteiger partial charge in [-0.25, -0.2) is 9.80 Å². The molecule has 58 valence electrons. The predicted octanol–water partition coefficient (Wildman–Crippen LogP) is -0.671. The summed E-state index contributed by atoms with van der Waals surface area (Å²) in [7, 11) is 0. The van der Waals surface area contributed by atoms with Gasteiger partial charge in [-0.05, 0) is 0 Å². The molecule has 5 nitrogen and oxygen atoms in total. The van der Waals surface area contributed by atoms with Gasteiger partial charge in [0, 0.05) is 13.1 Å². The van der Waals surface area contributed by atoms with Gasteiger partial charge in [-0.2, -0.15) is 0 Å². The number of carbonyl (C=O) groups excluding carboxylic acids is 1. The minimum Gasteiger partial charge on any atom is -0.433 e. The van der Waals surface area contributed by atoms with Crippen LogP contribution in [0.3, 0.4) is 0 Å². The molecule has 1 fully saturated rings. The highest BCUT2D eigenvalue weighted by molar-refractivity contribution is 5.59. The fraction of sp³-hybridized carbons (Fsp3) is 0.800. The summed E-state index contributed by atoms with van der Waals surface area (Å²) < 4.78 is 9.14. The maximum Gasteiger partial charge on any atom is 0.508 e. The van der Waals surface area contributed by atoms with E-state index in [-0.39, 0.29) is 0 Å². The minimum absolute atomic E-state index is 0.301. The van der Waals surface area contributed by atoms with E-state index in [9.17, 15) is 4.79 Å². The standard InChI is InChI=1S/C5H10N2O3/c6-7-1-3-9-5(8)10-4-2-7/h1-4,6H2. The van der Waals surface area contributed by atoms with Crippen LogP contribution in [0, 0.1) is 0 Å². The molecule has 0 aromatic rings. The highest BCUT2D eigenvalue weighted by Gasteiger charge is 2.09. The van der Waals surface area contributed by atoms with E-state index in [0.717, 1.165) is 0 Å². The zero-order valence-electron chi connectivity index (χ0n) is 5.58. The van der Waals surface area contributed by atoms with Crippen molar-refractivity contribution in [3.8, 4) is 0 Å². The van der Waals surface area contributed by atoms with Crippen LogP contribution in [0.5, 0.6) is 0 Å². The quantitative estimate of drug-likeness (QED) is 0.362. The topological polar surface area (TPSA) is 64.8 Å². The molecule has 0 spiro atoms. The average molecular weight is 146 g/mol. The lowest BCUT2D eigenvalue weighted by atomic mass is 10.6. The third-order valence-corrected chi connectivity index (χ3v) is 1.20. The van der Waals surface area contributed by atoms with Crippen molar-refractivity contribution >= 4 is 6.16 Å². The van der Waals surface area contributed by atoms with Crippen molar-refractivity contribution < 1.29 is 14.3 Å². The molecule has 1 rings (SSSR count). The largest absolute Gasteiger partial charge is 0.508 e. The van der Waals surface area contributed by atoms with Gasteiger partial charge in [0.15, 0.2) is 0 Å². The number of nitrogens with two attached hydrogens (primary N) is 1. The number of hydrogen-bond donors (Lipinski definition) is 1. The number of carbonyl (C=O) groups is 1. The van der Waals surface area contributed by atoms with Crippen LogP contribution >= 0.6 is 0 Å². The zero-order valence-corrected chi connectivity index (χ0v) is 5.58. The summed E-state index contributed by atoms with van der Waals surface area (Å²) in [6, 6.07) is 0. The number of cyclic esters (lactones) is 2. The highest BCUT2D eigenvalue weighted by Crippen LogP contribution is 1.91. The molecule has 1 aliphatic rings. The normalized spacial score (nSPS) is 22.3. The molecule has 1 heterocycles. The molecule has 0 radical (unpaired) electrons. The first kappa shape index (κ1) is 7.30. The Bertz CT molecular complexity index is 116. The summed E-state index contributed by atoms with van der Waals surface area (Å²) in [5.41, 5.74) is 0. The first-order chi connectivity index (χ1) is 4.79. The predicted molar refractivity (Wildman–Crippen MR) is 33.1 cm³/mol. The Morgan fingerprint density at radius 2 is 1.80 bits per heavy atom. The van der Waals surface area contributed by atoms with E-state index in [1.807, 2.05) is 0 Å². The van der Waals surface area contributed by atoms with Crippen molar-refractivity contribution in [3.05, 3.63) is 0 Å². The number of rotatable bonds is 0. The molecule has 1 aliphatic heterocycles. The van der Waals surface area contributed by atoms with Gasteiger partial charge < -0.3 is 9.47 Å². The van der Waals surface area contributed by atoms with Gasteiger partial charge in [0.2, 0.25) is 0 Å². The lowest BCUT2D eigenvalue weighted by molar-refractivity contribution is 0.0220. The lowest BCUT2D eigenvalue weighted by Crippen LogP contribution is -2.39. The molecule has 0 unspecified atom stereocenters. The fourth-order valence-electron chi connectivity index (χ4n) is 0.646. The van der Waals surface area contributed by atoms with Gasteiger partial charge in [0.25, 0.3) is 0 Å². The van der Waals surface area contributed by atoms with Gasteiger partial charge in [-0.3, -0.25) is 5.84 Å². The summed E-state index contributed by atoms with van der Waals surface area (Å²) in [4.78, 5) is 10.4. The molecular formula is C5H10N2O3. The van der Waals surface area contributed by atoms with Gasteiger partial charge in [-0.1, -0.05) is 0 Å². The van der Waals surface area contributed by atoms with E-state index in [1.54, 1.807) is 5.01 Å². The number of nitrogens with zero attached hydrogens (tertiary/aromatic N) is 1. The summed E-state index contributed by atoms with van der Waals surface area (Å²) in [6.45, 7) is 1.73. The third kappa shape index (κ3) is 2.20. The minimum atomic E-state index is -0.604. The molecule has 0 amide bonds. The Balaban J connectivity index is 2.27. The van der Waals surface area contributed by atoms with Crippen molar-refractivity contribution in [1.82, 2.24) is 5.01 Å². The van der Waals surface area contributed by atoms with Crippen LogP contribution in [0.4, 0.5) is 4.79 Å². The smallest absolute Gasteiger partial charge is 0.433 e. The molecule has 5 heteroatoms. The second-order valence-corrected chi connectivity index (χ2v) is 1.98. The molecule has 0 aliphatic carbocycles. The van der Waals surface area contributed by atoms with E-state index in [4.69, 9.17) is 5.84 Å². The maximum absolute atomic E-state index is 10.4. The molecule has 0 aromatic carbocycles. The van der Waals surface area contributed by atoms with Gasteiger partial charge >= 0.3 is 6.16 Å². The molecule has 0 saturated carbocycles. The third-order valence-electron chi connectivity index (χ3n) is 1.20. The summed E-state index contributed by atoms with van der Waals surface area (Å²) in [6.07, 6.45) is -0.604. The average Bonchev–Trinajstić information content (AvgIpc) is 1.84. The summed E-state index contributed by atoms with van der Waals surface area (Å²) in [5, 5.41) is 1.55. The second-order valence-electron chi connectivity index (χ2n) is 1.98. The molecule has 2 N–H and O–H groups in total. The van der Waals surface area contributed by atoms with Crippen LogP contribution in [-0.2, 0) is 9.47 Å². The molecule has 0 atom stereocenters. The van der Waals surface area contributed by atoms with Crippen molar-refractivity contribution in [1.29, 1.82) is 0 Å². The SMILES string of the molecule is NN1CCOC(=O)OCC1. The molecule has 10 heavy (non-hydrogen) atoms. The maximum atomic E-state index is 10.4. The van der Waals surface area contributed by atoms with E-state index in [0.29, 0.717) is 26.3 Å². The van der Waals surface area contributed by atoms with Crippen LogP contribution in [-0.4, -0.2) is 37.5 Å². The Labute approximate surface area is 58.7 Å². The van der Waals surface area contributed by atoms with E-state index >= 15 is 0 Å². The first-order valence-corrected chi connectivity index (χ1v) is 3.08. The van der Waals surface area contributed by atoms with E-state index in [1.165, 1.54) is 0 Å². The van der Waals surface area contributed by atoms with E-state index < -0.39 is 6.16 Å². The molecule has 0 aromatic heterocycles. The Kier molecular flexibility index (Phi) is 2.47. The zero-order chi connectivity index (χ0) is 7.40. The van der Waals surface area contributed by atoms with Crippen LogP contribution in [0.1, 0.15) is 0 Å². The Morgan fingerprint density at radius 3 is 2.30 bits per heavy atom. The molecular weight excluding hydrogens is 136 g/mol. The van der Waals surface area contributed by atoms with Crippen molar-refractivity contribution in [3.63, 3.8) is 0 Å². The number of hydrogen-bond acceptors (Lipinski definition) is 5. The lowest BCUT2D eigenvalue weighted by Gasteiger charge is -2.18. The van der Waals surface area contributed by atoms with Crippen LogP contribution in [0.2, 0.25) is 0 Å². The van der Waals surface area contributed by atoms with Crippen LogP contribution in [0.15, 0.2) is 0 Å². The number of hydrazine groups is 1.